The Bertz CT molecular complexity index is 492. The van der Waals surface area contributed by atoms with Crippen LogP contribution < -0.4 is 0 Å². The Hall–Kier alpha value is -1.57. The fourth-order valence-electron chi connectivity index (χ4n) is 3.62. The number of unbranched alkanes of at least 4 members (excludes halogenated alkanes) is 15. The standard InChI is InChI=1S/C26H42O2/c27-26(28)24-20-15-13-11-9-7-5-3-1-2-4-6-8-10-12-14-17-21-25-22-18-16-19-23-25/h16-19,21-23H,1-15,20,24H2,(H,27,28). The molecule has 0 amide bonds. The summed E-state index contributed by atoms with van der Waals surface area (Å²) in [5.41, 5.74) is 1.30. The van der Waals surface area contributed by atoms with E-state index < -0.39 is 5.97 Å². The van der Waals surface area contributed by atoms with Gasteiger partial charge in [0.2, 0.25) is 0 Å². The van der Waals surface area contributed by atoms with Gasteiger partial charge in [0, 0.05) is 6.42 Å². The van der Waals surface area contributed by atoms with Gasteiger partial charge in [-0.1, -0.05) is 126 Å². The van der Waals surface area contributed by atoms with Gasteiger partial charge in [0.05, 0.1) is 0 Å². The molecule has 1 aromatic rings. The topological polar surface area (TPSA) is 37.3 Å². The Labute approximate surface area is 173 Å². The third kappa shape index (κ3) is 16.6. The van der Waals surface area contributed by atoms with E-state index in [0.29, 0.717) is 6.42 Å². The van der Waals surface area contributed by atoms with Crippen LogP contribution in [0.5, 0.6) is 0 Å². The van der Waals surface area contributed by atoms with E-state index in [0.717, 1.165) is 12.8 Å². The molecule has 0 aliphatic rings. The molecular formula is C26H42O2. The number of carbonyl (C=O) groups is 1. The van der Waals surface area contributed by atoms with E-state index in [1.807, 2.05) is 0 Å². The fourth-order valence-corrected chi connectivity index (χ4v) is 3.62. The van der Waals surface area contributed by atoms with Crippen LogP contribution in [0.1, 0.15) is 115 Å². The minimum Gasteiger partial charge on any atom is -0.481 e. The number of hydrogen-bond acceptors (Lipinski definition) is 1. The lowest BCUT2D eigenvalue weighted by molar-refractivity contribution is -0.137. The van der Waals surface area contributed by atoms with Crippen molar-refractivity contribution in [2.24, 2.45) is 0 Å². The number of carboxylic acids is 1. The number of rotatable bonds is 19. The number of carboxylic acid groups (broad SMARTS) is 1. The molecule has 0 unspecified atom stereocenters. The summed E-state index contributed by atoms with van der Waals surface area (Å²) in [6.45, 7) is 0. The molecule has 0 spiro atoms. The Balaban J connectivity index is 1.72. The largest absolute Gasteiger partial charge is 0.481 e. The first-order valence-corrected chi connectivity index (χ1v) is 11.7. The van der Waals surface area contributed by atoms with Crippen LogP contribution in [0.2, 0.25) is 0 Å². The van der Waals surface area contributed by atoms with Crippen LogP contribution in [-0.2, 0) is 4.79 Å². The molecule has 1 N–H and O–H groups in total. The van der Waals surface area contributed by atoms with Gasteiger partial charge in [-0.25, -0.2) is 0 Å². The highest BCUT2D eigenvalue weighted by atomic mass is 16.4. The summed E-state index contributed by atoms with van der Waals surface area (Å²) in [7, 11) is 0. The van der Waals surface area contributed by atoms with Crippen molar-refractivity contribution in [1.29, 1.82) is 0 Å². The maximum absolute atomic E-state index is 10.4. The second-order valence-electron chi connectivity index (χ2n) is 8.05. The molecule has 158 valence electrons. The van der Waals surface area contributed by atoms with Gasteiger partial charge in [-0.05, 0) is 24.8 Å². The van der Waals surface area contributed by atoms with Crippen molar-refractivity contribution in [2.75, 3.05) is 0 Å². The van der Waals surface area contributed by atoms with Crippen molar-refractivity contribution in [3.63, 3.8) is 0 Å². The average Bonchev–Trinajstić information content (AvgIpc) is 2.70. The highest BCUT2D eigenvalue weighted by molar-refractivity contribution is 5.66. The third-order valence-electron chi connectivity index (χ3n) is 5.37. The first-order valence-electron chi connectivity index (χ1n) is 11.7. The molecule has 1 aromatic carbocycles. The molecule has 0 saturated carbocycles. The van der Waals surface area contributed by atoms with Gasteiger partial charge in [-0.2, -0.15) is 0 Å². The van der Waals surface area contributed by atoms with Gasteiger partial charge < -0.3 is 5.11 Å². The van der Waals surface area contributed by atoms with Gasteiger partial charge in [0.1, 0.15) is 0 Å². The molecule has 0 aromatic heterocycles. The van der Waals surface area contributed by atoms with Gasteiger partial charge in [-0.3, -0.25) is 4.79 Å². The zero-order chi connectivity index (χ0) is 20.1. The summed E-state index contributed by atoms with van der Waals surface area (Å²) in [6, 6.07) is 10.6. The molecule has 28 heavy (non-hydrogen) atoms. The molecule has 0 aliphatic carbocycles. The van der Waals surface area contributed by atoms with Crippen molar-refractivity contribution >= 4 is 12.0 Å². The van der Waals surface area contributed by atoms with Crippen LogP contribution in [0.4, 0.5) is 0 Å². The number of benzene rings is 1. The Kier molecular flexibility index (Phi) is 16.4. The number of aliphatic carboxylic acids is 1. The Morgan fingerprint density at radius 3 is 1.54 bits per heavy atom. The van der Waals surface area contributed by atoms with Crippen LogP contribution in [0.15, 0.2) is 36.4 Å². The van der Waals surface area contributed by atoms with E-state index in [1.165, 1.54) is 95.5 Å². The Morgan fingerprint density at radius 2 is 1.07 bits per heavy atom. The van der Waals surface area contributed by atoms with Gasteiger partial charge in [0.25, 0.3) is 0 Å². The van der Waals surface area contributed by atoms with E-state index in [1.54, 1.807) is 0 Å². The molecule has 0 saturated heterocycles. The maximum atomic E-state index is 10.4. The zero-order valence-corrected chi connectivity index (χ0v) is 17.9. The van der Waals surface area contributed by atoms with Crippen molar-refractivity contribution in [2.45, 2.75) is 109 Å². The summed E-state index contributed by atoms with van der Waals surface area (Å²) in [6.07, 6.45) is 25.6. The molecule has 2 heteroatoms. The zero-order valence-electron chi connectivity index (χ0n) is 17.9. The second kappa shape index (κ2) is 18.8. The fraction of sp³-hybridized carbons (Fsp3) is 0.654. The van der Waals surface area contributed by atoms with Gasteiger partial charge in [0.15, 0.2) is 0 Å². The van der Waals surface area contributed by atoms with Crippen LogP contribution in [0.3, 0.4) is 0 Å². The summed E-state index contributed by atoms with van der Waals surface area (Å²) in [5, 5.41) is 8.58. The van der Waals surface area contributed by atoms with E-state index >= 15 is 0 Å². The first kappa shape index (κ1) is 24.5. The lowest BCUT2D eigenvalue weighted by Crippen LogP contribution is -1.93. The molecule has 2 nitrogen and oxygen atoms in total. The predicted molar refractivity (Wildman–Crippen MR) is 122 cm³/mol. The molecule has 0 bridgehead atoms. The van der Waals surface area contributed by atoms with E-state index in [2.05, 4.69) is 42.5 Å². The van der Waals surface area contributed by atoms with Crippen LogP contribution >= 0.6 is 0 Å². The molecule has 0 heterocycles. The van der Waals surface area contributed by atoms with E-state index in [9.17, 15) is 4.79 Å². The minimum absolute atomic E-state index is 0.339. The number of allylic oxidation sites excluding steroid dienone is 1. The summed E-state index contributed by atoms with van der Waals surface area (Å²) < 4.78 is 0. The molecule has 0 radical (unpaired) electrons. The summed E-state index contributed by atoms with van der Waals surface area (Å²) >= 11 is 0. The smallest absolute Gasteiger partial charge is 0.303 e. The second-order valence-corrected chi connectivity index (χ2v) is 8.05. The molecule has 0 aliphatic heterocycles. The van der Waals surface area contributed by atoms with E-state index in [4.69, 9.17) is 5.11 Å². The van der Waals surface area contributed by atoms with Crippen LogP contribution in [0, 0.1) is 0 Å². The highest BCUT2D eigenvalue weighted by Gasteiger charge is 1.97. The van der Waals surface area contributed by atoms with E-state index in [-0.39, 0.29) is 0 Å². The lowest BCUT2D eigenvalue weighted by atomic mass is 10.0. The highest BCUT2D eigenvalue weighted by Crippen LogP contribution is 2.14. The predicted octanol–water partition coefficient (Wildman–Crippen LogP) is 8.42. The molecule has 0 atom stereocenters. The van der Waals surface area contributed by atoms with Crippen LogP contribution in [-0.4, -0.2) is 11.1 Å². The minimum atomic E-state index is -0.656. The average molecular weight is 387 g/mol. The first-order chi connectivity index (χ1) is 13.8. The van der Waals surface area contributed by atoms with Gasteiger partial charge >= 0.3 is 5.97 Å². The van der Waals surface area contributed by atoms with Crippen molar-refractivity contribution < 1.29 is 9.90 Å². The number of hydrogen-bond donors (Lipinski definition) is 1. The monoisotopic (exact) mass is 386 g/mol. The Morgan fingerprint density at radius 1 is 0.643 bits per heavy atom. The lowest BCUT2D eigenvalue weighted by Gasteiger charge is -2.03. The SMILES string of the molecule is O=C(O)CCCCCCCCCCCCCCCCCC=Cc1ccccc1. The summed E-state index contributed by atoms with van der Waals surface area (Å²) in [4.78, 5) is 10.4. The maximum Gasteiger partial charge on any atom is 0.303 e. The quantitative estimate of drug-likeness (QED) is 0.242. The molecule has 0 fully saturated rings. The van der Waals surface area contributed by atoms with Crippen molar-refractivity contribution in [1.82, 2.24) is 0 Å². The van der Waals surface area contributed by atoms with Crippen LogP contribution in [0.25, 0.3) is 6.08 Å². The van der Waals surface area contributed by atoms with Crippen molar-refractivity contribution in [3.05, 3.63) is 42.0 Å². The van der Waals surface area contributed by atoms with Crippen molar-refractivity contribution in [3.8, 4) is 0 Å². The molecular weight excluding hydrogens is 344 g/mol. The molecule has 1 rings (SSSR count). The third-order valence-corrected chi connectivity index (χ3v) is 5.37. The normalized spacial score (nSPS) is 11.3. The summed E-state index contributed by atoms with van der Waals surface area (Å²) in [5.74, 6) is -0.656. The van der Waals surface area contributed by atoms with Gasteiger partial charge in [-0.15, -0.1) is 0 Å².